The maximum atomic E-state index is 10.9. The Morgan fingerprint density at radius 3 is 2.73 bits per heavy atom. The van der Waals surface area contributed by atoms with Crippen LogP contribution in [0.25, 0.3) is 0 Å². The maximum absolute atomic E-state index is 10.9. The number of rotatable bonds is 3. The zero-order chi connectivity index (χ0) is 8.10. The van der Waals surface area contributed by atoms with E-state index in [1.54, 1.807) is 0 Å². The van der Waals surface area contributed by atoms with Crippen molar-refractivity contribution < 1.29 is 4.79 Å². The molecule has 0 unspecified atom stereocenters. The normalized spacial score (nSPS) is 9.55. The molecular formula is C6H10N4O. The molecule has 0 aliphatic heterocycles. The first-order valence-corrected chi connectivity index (χ1v) is 3.47. The molecule has 1 rings (SSSR count). The Balaban J connectivity index is 2.37. The zero-order valence-corrected chi connectivity index (χ0v) is 6.32. The summed E-state index contributed by atoms with van der Waals surface area (Å²) in [7, 11) is 0. The lowest BCUT2D eigenvalue weighted by Gasteiger charge is -2.01. The van der Waals surface area contributed by atoms with Crippen molar-refractivity contribution in [3.63, 3.8) is 0 Å². The van der Waals surface area contributed by atoms with Gasteiger partial charge in [0.15, 0.2) is 0 Å². The first kappa shape index (κ1) is 7.71. The van der Waals surface area contributed by atoms with E-state index in [-0.39, 0.29) is 5.91 Å². The van der Waals surface area contributed by atoms with Crippen molar-refractivity contribution in [3.05, 3.63) is 12.7 Å². The molecule has 0 saturated heterocycles. The summed E-state index contributed by atoms with van der Waals surface area (Å²) in [6.45, 7) is 1.95. The van der Waals surface area contributed by atoms with E-state index in [0.717, 1.165) is 6.42 Å². The van der Waals surface area contributed by atoms with Gasteiger partial charge in [-0.3, -0.25) is 10.2 Å². The predicted octanol–water partition coefficient (Wildman–Crippen LogP) is 0.148. The molecule has 0 aliphatic rings. The maximum Gasteiger partial charge on any atom is 0.238 e. The Kier molecular flexibility index (Phi) is 2.59. The van der Waals surface area contributed by atoms with Gasteiger partial charge in [-0.25, -0.2) is 4.68 Å². The molecule has 11 heavy (non-hydrogen) atoms. The van der Waals surface area contributed by atoms with E-state index in [1.807, 2.05) is 6.92 Å². The van der Waals surface area contributed by atoms with E-state index in [1.165, 1.54) is 17.3 Å². The summed E-state index contributed by atoms with van der Waals surface area (Å²) in [6.07, 6.45) is 4.24. The monoisotopic (exact) mass is 154 g/mol. The Hall–Kier alpha value is -1.39. The van der Waals surface area contributed by atoms with Crippen molar-refractivity contribution in [1.82, 2.24) is 14.9 Å². The van der Waals surface area contributed by atoms with Crippen LogP contribution in [-0.4, -0.2) is 20.8 Å². The van der Waals surface area contributed by atoms with Gasteiger partial charge in [0, 0.05) is 6.42 Å². The molecule has 0 fully saturated rings. The highest BCUT2D eigenvalue weighted by atomic mass is 16.2. The fraction of sp³-hybridized carbons (Fsp3) is 0.500. The summed E-state index contributed by atoms with van der Waals surface area (Å²) in [5.41, 5.74) is 2.58. The third kappa shape index (κ3) is 2.37. The van der Waals surface area contributed by atoms with Crippen LogP contribution in [0, 0.1) is 0 Å². The van der Waals surface area contributed by atoms with Gasteiger partial charge in [-0.2, -0.15) is 0 Å². The third-order valence-corrected chi connectivity index (χ3v) is 1.15. The highest BCUT2D eigenvalue weighted by molar-refractivity contribution is 5.83. The Morgan fingerprint density at radius 1 is 1.55 bits per heavy atom. The number of aromatic nitrogens is 3. The molecule has 1 amide bonds. The number of hydrogen-bond acceptors (Lipinski definition) is 3. The van der Waals surface area contributed by atoms with Gasteiger partial charge in [-0.05, 0) is 6.42 Å². The molecule has 0 atom stereocenters. The van der Waals surface area contributed by atoms with Gasteiger partial charge in [-0.1, -0.05) is 6.92 Å². The van der Waals surface area contributed by atoms with E-state index in [9.17, 15) is 4.79 Å². The number of amides is 1. The summed E-state index contributed by atoms with van der Waals surface area (Å²) in [4.78, 5) is 10.9. The van der Waals surface area contributed by atoms with Gasteiger partial charge in [0.2, 0.25) is 5.91 Å². The minimum Gasteiger partial charge on any atom is -0.273 e. The van der Waals surface area contributed by atoms with Gasteiger partial charge in [0.25, 0.3) is 0 Å². The van der Waals surface area contributed by atoms with Crippen LogP contribution in [0.3, 0.4) is 0 Å². The van der Waals surface area contributed by atoms with Crippen molar-refractivity contribution in [2.75, 3.05) is 5.43 Å². The minimum absolute atomic E-state index is 0.0210. The van der Waals surface area contributed by atoms with E-state index < -0.39 is 0 Å². The number of nitrogens with zero attached hydrogens (tertiary/aromatic N) is 3. The standard InChI is InChI=1S/C6H10N4O/c1-2-3-6(11)9-10-4-7-8-5-10/h4-5H,2-3H2,1H3,(H,9,11). The SMILES string of the molecule is CCCC(=O)Nn1cnnc1. The van der Waals surface area contributed by atoms with Crippen LogP contribution >= 0.6 is 0 Å². The molecule has 5 nitrogen and oxygen atoms in total. The van der Waals surface area contributed by atoms with Gasteiger partial charge in [-0.15, -0.1) is 10.2 Å². The average Bonchev–Trinajstić information content (AvgIpc) is 2.40. The topological polar surface area (TPSA) is 59.8 Å². The van der Waals surface area contributed by atoms with E-state index in [0.29, 0.717) is 6.42 Å². The summed E-state index contributed by atoms with van der Waals surface area (Å²) in [5.74, 6) is -0.0210. The van der Waals surface area contributed by atoms with Crippen molar-refractivity contribution in [2.45, 2.75) is 19.8 Å². The number of hydrogen-bond donors (Lipinski definition) is 1. The molecule has 0 aromatic carbocycles. The van der Waals surface area contributed by atoms with Crippen LogP contribution < -0.4 is 5.43 Å². The fourth-order valence-corrected chi connectivity index (χ4v) is 0.685. The molecule has 5 heteroatoms. The molecule has 0 saturated carbocycles. The van der Waals surface area contributed by atoms with Crippen molar-refractivity contribution in [2.24, 2.45) is 0 Å². The largest absolute Gasteiger partial charge is 0.273 e. The van der Waals surface area contributed by atoms with Gasteiger partial charge in [0.1, 0.15) is 12.7 Å². The van der Waals surface area contributed by atoms with E-state index in [4.69, 9.17) is 0 Å². The summed E-state index contributed by atoms with van der Waals surface area (Å²) < 4.78 is 1.43. The average molecular weight is 154 g/mol. The fourth-order valence-electron chi connectivity index (χ4n) is 0.685. The van der Waals surface area contributed by atoms with Crippen molar-refractivity contribution in [1.29, 1.82) is 0 Å². The molecule has 0 bridgehead atoms. The van der Waals surface area contributed by atoms with Crippen molar-refractivity contribution >= 4 is 5.91 Å². The highest BCUT2D eigenvalue weighted by Gasteiger charge is 1.97. The Bertz CT molecular complexity index is 218. The Morgan fingerprint density at radius 2 is 2.18 bits per heavy atom. The lowest BCUT2D eigenvalue weighted by Crippen LogP contribution is -2.20. The molecule has 60 valence electrons. The van der Waals surface area contributed by atoms with Gasteiger partial charge in [0.05, 0.1) is 0 Å². The molecule has 0 aliphatic carbocycles. The Labute approximate surface area is 64.4 Å². The molecule has 1 heterocycles. The second-order valence-corrected chi connectivity index (χ2v) is 2.15. The lowest BCUT2D eigenvalue weighted by molar-refractivity contribution is -0.117. The predicted molar refractivity (Wildman–Crippen MR) is 39.3 cm³/mol. The second-order valence-electron chi connectivity index (χ2n) is 2.15. The molecule has 1 N–H and O–H groups in total. The zero-order valence-electron chi connectivity index (χ0n) is 6.32. The van der Waals surface area contributed by atoms with Gasteiger partial charge >= 0.3 is 0 Å². The molecule has 0 radical (unpaired) electrons. The molecule has 1 aromatic rings. The van der Waals surface area contributed by atoms with Crippen LogP contribution in [0.5, 0.6) is 0 Å². The summed E-state index contributed by atoms with van der Waals surface area (Å²) in [5, 5.41) is 7.07. The first-order chi connectivity index (χ1) is 5.33. The molecule has 1 aromatic heterocycles. The summed E-state index contributed by atoms with van der Waals surface area (Å²) in [6, 6.07) is 0. The number of carbonyl (C=O) groups excluding carboxylic acids is 1. The van der Waals surface area contributed by atoms with Crippen LogP contribution in [-0.2, 0) is 4.79 Å². The van der Waals surface area contributed by atoms with Crippen LogP contribution in [0.1, 0.15) is 19.8 Å². The van der Waals surface area contributed by atoms with Crippen LogP contribution in [0.2, 0.25) is 0 Å². The highest BCUT2D eigenvalue weighted by Crippen LogP contribution is 1.87. The van der Waals surface area contributed by atoms with E-state index in [2.05, 4.69) is 15.6 Å². The molecular weight excluding hydrogens is 144 g/mol. The van der Waals surface area contributed by atoms with Gasteiger partial charge < -0.3 is 0 Å². The number of carbonyl (C=O) groups is 1. The number of nitrogens with one attached hydrogen (secondary N) is 1. The van der Waals surface area contributed by atoms with Crippen LogP contribution in [0.4, 0.5) is 0 Å². The lowest BCUT2D eigenvalue weighted by atomic mass is 10.3. The smallest absolute Gasteiger partial charge is 0.238 e. The van der Waals surface area contributed by atoms with Crippen LogP contribution in [0.15, 0.2) is 12.7 Å². The third-order valence-electron chi connectivity index (χ3n) is 1.15. The quantitative estimate of drug-likeness (QED) is 0.674. The summed E-state index contributed by atoms with van der Waals surface area (Å²) >= 11 is 0. The molecule has 0 spiro atoms. The second kappa shape index (κ2) is 3.70. The van der Waals surface area contributed by atoms with E-state index >= 15 is 0 Å². The van der Waals surface area contributed by atoms with Crippen molar-refractivity contribution in [3.8, 4) is 0 Å². The first-order valence-electron chi connectivity index (χ1n) is 3.47. The minimum atomic E-state index is -0.0210.